The molecular formula is C18H15ClN2O3S2. The fourth-order valence-electron chi connectivity index (χ4n) is 2.31. The smallest absolute Gasteiger partial charge is 0.279 e. The van der Waals surface area contributed by atoms with Gasteiger partial charge in [-0.15, -0.1) is 11.3 Å². The third-order valence-corrected chi connectivity index (χ3v) is 5.98. The van der Waals surface area contributed by atoms with E-state index in [1.54, 1.807) is 0 Å². The quantitative estimate of drug-likeness (QED) is 0.666. The lowest BCUT2D eigenvalue weighted by Gasteiger charge is -2.05. The van der Waals surface area contributed by atoms with Gasteiger partial charge < -0.3 is 4.57 Å². The molecule has 1 aromatic heterocycles. The summed E-state index contributed by atoms with van der Waals surface area (Å²) in [4.78, 5) is 17.3. The largest absolute Gasteiger partial charge is 0.319 e. The van der Waals surface area contributed by atoms with Gasteiger partial charge in [0.25, 0.3) is 5.91 Å². The van der Waals surface area contributed by atoms with Gasteiger partial charge in [0.1, 0.15) is 0 Å². The van der Waals surface area contributed by atoms with Crippen LogP contribution >= 0.6 is 22.9 Å². The fourth-order valence-corrected chi connectivity index (χ4v) is 3.87. The van der Waals surface area contributed by atoms with Crippen molar-refractivity contribution in [3.8, 4) is 0 Å². The summed E-state index contributed by atoms with van der Waals surface area (Å²) in [6.45, 7) is 0.502. The van der Waals surface area contributed by atoms with Gasteiger partial charge in [0.15, 0.2) is 14.6 Å². The molecule has 5 nitrogen and oxygen atoms in total. The number of benzene rings is 2. The molecule has 3 rings (SSSR count). The van der Waals surface area contributed by atoms with Crippen LogP contribution in [0.2, 0.25) is 5.02 Å². The second kappa shape index (κ2) is 7.57. The summed E-state index contributed by atoms with van der Waals surface area (Å²) in [6, 6.07) is 13.2. The molecule has 134 valence electrons. The molecule has 0 spiro atoms. The van der Waals surface area contributed by atoms with E-state index < -0.39 is 15.7 Å². The summed E-state index contributed by atoms with van der Waals surface area (Å²) in [5.41, 5.74) is 1.26. The van der Waals surface area contributed by atoms with E-state index in [2.05, 4.69) is 4.99 Å². The summed E-state index contributed by atoms with van der Waals surface area (Å²) in [7, 11) is -3.30. The SMILES string of the molecule is CS(=O)(=O)c1ccc(C(=O)N=c2sccn2Cc2ccccc2Cl)cc1. The molecule has 8 heteroatoms. The first-order valence-corrected chi connectivity index (χ1v) is 10.8. The highest BCUT2D eigenvalue weighted by Gasteiger charge is 2.10. The lowest BCUT2D eigenvalue weighted by atomic mass is 10.2. The van der Waals surface area contributed by atoms with Crippen LogP contribution in [0.4, 0.5) is 0 Å². The van der Waals surface area contributed by atoms with Crippen molar-refractivity contribution < 1.29 is 13.2 Å². The highest BCUT2D eigenvalue weighted by Crippen LogP contribution is 2.16. The molecule has 0 atom stereocenters. The number of carbonyl (C=O) groups is 1. The first-order chi connectivity index (χ1) is 12.3. The summed E-state index contributed by atoms with van der Waals surface area (Å²) >= 11 is 7.53. The van der Waals surface area contributed by atoms with Gasteiger partial charge >= 0.3 is 0 Å². The molecule has 0 unspecified atom stereocenters. The van der Waals surface area contributed by atoms with Crippen LogP contribution in [-0.2, 0) is 16.4 Å². The second-order valence-corrected chi connectivity index (χ2v) is 8.91. The lowest BCUT2D eigenvalue weighted by Crippen LogP contribution is -2.17. The first-order valence-electron chi connectivity index (χ1n) is 7.61. The Morgan fingerprint density at radius 3 is 2.50 bits per heavy atom. The number of hydrogen-bond acceptors (Lipinski definition) is 4. The Hall–Kier alpha value is -2.22. The van der Waals surface area contributed by atoms with Crippen LogP contribution in [0, 0.1) is 0 Å². The minimum atomic E-state index is -3.30. The molecule has 0 aliphatic carbocycles. The van der Waals surface area contributed by atoms with Crippen molar-refractivity contribution in [2.45, 2.75) is 11.4 Å². The van der Waals surface area contributed by atoms with Crippen molar-refractivity contribution in [3.05, 3.63) is 81.1 Å². The average Bonchev–Trinajstić information content (AvgIpc) is 3.03. The van der Waals surface area contributed by atoms with Gasteiger partial charge in [-0.3, -0.25) is 4.79 Å². The van der Waals surface area contributed by atoms with E-state index >= 15 is 0 Å². The van der Waals surface area contributed by atoms with E-state index in [0.717, 1.165) is 11.8 Å². The van der Waals surface area contributed by atoms with Crippen molar-refractivity contribution in [2.24, 2.45) is 4.99 Å². The molecule has 26 heavy (non-hydrogen) atoms. The van der Waals surface area contributed by atoms with Crippen molar-refractivity contribution in [3.63, 3.8) is 0 Å². The van der Waals surface area contributed by atoms with Gasteiger partial charge in [-0.05, 0) is 35.9 Å². The van der Waals surface area contributed by atoms with E-state index in [1.165, 1.54) is 35.6 Å². The zero-order chi connectivity index (χ0) is 18.7. The molecule has 0 aliphatic rings. The summed E-state index contributed by atoms with van der Waals surface area (Å²) in [5.74, 6) is -0.430. The van der Waals surface area contributed by atoms with E-state index in [1.807, 2.05) is 40.4 Å². The number of halogens is 1. The molecule has 0 fully saturated rings. The molecule has 0 radical (unpaired) electrons. The maximum atomic E-state index is 12.4. The number of sulfone groups is 1. The number of rotatable bonds is 4. The number of aromatic nitrogens is 1. The average molecular weight is 407 g/mol. The van der Waals surface area contributed by atoms with E-state index in [-0.39, 0.29) is 4.90 Å². The molecule has 1 amide bonds. The van der Waals surface area contributed by atoms with Gasteiger partial charge in [-0.1, -0.05) is 29.8 Å². The molecule has 0 bridgehead atoms. The Bertz CT molecular complexity index is 1110. The first kappa shape index (κ1) is 18.6. The molecule has 0 N–H and O–H groups in total. The van der Waals surface area contributed by atoms with Gasteiger partial charge in [-0.25, -0.2) is 8.42 Å². The number of amides is 1. The number of nitrogens with zero attached hydrogens (tertiary/aromatic N) is 2. The minimum absolute atomic E-state index is 0.166. The zero-order valence-corrected chi connectivity index (χ0v) is 16.2. The summed E-state index contributed by atoms with van der Waals surface area (Å²) in [5, 5.41) is 2.50. The van der Waals surface area contributed by atoms with Crippen LogP contribution < -0.4 is 4.80 Å². The van der Waals surface area contributed by atoms with Crippen LogP contribution in [-0.4, -0.2) is 25.1 Å². The van der Waals surface area contributed by atoms with Crippen LogP contribution in [0.3, 0.4) is 0 Å². The third-order valence-electron chi connectivity index (χ3n) is 3.69. The van der Waals surface area contributed by atoms with Crippen LogP contribution in [0.5, 0.6) is 0 Å². The Balaban J connectivity index is 1.88. The highest BCUT2D eigenvalue weighted by molar-refractivity contribution is 7.90. The summed E-state index contributed by atoms with van der Waals surface area (Å²) < 4.78 is 24.8. The maximum Gasteiger partial charge on any atom is 0.279 e. The Morgan fingerprint density at radius 1 is 1.15 bits per heavy atom. The van der Waals surface area contributed by atoms with Gasteiger partial charge in [0.2, 0.25) is 0 Å². The molecule has 0 saturated heterocycles. The molecule has 0 aliphatic heterocycles. The van der Waals surface area contributed by atoms with E-state index in [9.17, 15) is 13.2 Å². The molecule has 3 aromatic rings. The monoisotopic (exact) mass is 406 g/mol. The maximum absolute atomic E-state index is 12.4. The van der Waals surface area contributed by atoms with Crippen molar-refractivity contribution in [2.75, 3.05) is 6.26 Å². The Kier molecular flexibility index (Phi) is 5.41. The van der Waals surface area contributed by atoms with Gasteiger partial charge in [0, 0.05) is 28.4 Å². The van der Waals surface area contributed by atoms with Crippen LogP contribution in [0.25, 0.3) is 0 Å². The zero-order valence-electron chi connectivity index (χ0n) is 13.8. The van der Waals surface area contributed by atoms with Gasteiger partial charge in [0.05, 0.1) is 11.4 Å². The number of carbonyl (C=O) groups excluding carboxylic acids is 1. The number of thiazole rings is 1. The molecular weight excluding hydrogens is 392 g/mol. The van der Waals surface area contributed by atoms with Crippen LogP contribution in [0.1, 0.15) is 15.9 Å². The van der Waals surface area contributed by atoms with Crippen LogP contribution in [0.15, 0.2) is 70.0 Å². The highest BCUT2D eigenvalue weighted by atomic mass is 35.5. The van der Waals surface area contributed by atoms with E-state index in [0.29, 0.717) is 21.9 Å². The van der Waals surface area contributed by atoms with Crippen molar-refractivity contribution in [1.82, 2.24) is 4.57 Å². The van der Waals surface area contributed by atoms with Gasteiger partial charge in [-0.2, -0.15) is 4.99 Å². The topological polar surface area (TPSA) is 68.5 Å². The molecule has 1 heterocycles. The van der Waals surface area contributed by atoms with E-state index in [4.69, 9.17) is 11.6 Å². The predicted octanol–water partition coefficient (Wildman–Crippen LogP) is 3.40. The lowest BCUT2D eigenvalue weighted by molar-refractivity contribution is 0.0997. The minimum Gasteiger partial charge on any atom is -0.319 e. The van der Waals surface area contributed by atoms with Crippen molar-refractivity contribution in [1.29, 1.82) is 0 Å². The predicted molar refractivity (Wildman–Crippen MR) is 102 cm³/mol. The fraction of sp³-hybridized carbons (Fsp3) is 0.111. The second-order valence-electron chi connectivity index (χ2n) is 5.62. The van der Waals surface area contributed by atoms with Crippen molar-refractivity contribution >= 4 is 38.7 Å². The number of hydrogen-bond donors (Lipinski definition) is 0. The molecule has 0 saturated carbocycles. The normalized spacial score (nSPS) is 12.3. The molecule has 2 aromatic carbocycles. The summed E-state index contributed by atoms with van der Waals surface area (Å²) in [6.07, 6.45) is 2.96. The Morgan fingerprint density at radius 2 is 1.85 bits per heavy atom. The third kappa shape index (κ3) is 4.30. The standard InChI is InChI=1S/C18H15ClN2O3S2/c1-26(23,24)15-8-6-13(7-9-15)17(22)20-18-21(10-11-25-18)12-14-4-2-3-5-16(14)19/h2-11H,12H2,1H3. The Labute approximate surface area is 160 Å².